The fourth-order valence-electron chi connectivity index (χ4n) is 4.58. The van der Waals surface area contributed by atoms with E-state index in [4.69, 9.17) is 9.15 Å². The highest BCUT2D eigenvalue weighted by Crippen LogP contribution is 2.42. The van der Waals surface area contributed by atoms with E-state index in [0.29, 0.717) is 29.6 Å². The Morgan fingerprint density at radius 3 is 2.56 bits per heavy atom. The Morgan fingerprint density at radius 1 is 1.00 bits per heavy atom. The molecule has 6 nitrogen and oxygen atoms in total. The largest absolute Gasteiger partial charge is 0.507 e. The maximum atomic E-state index is 13.4. The van der Waals surface area contributed by atoms with Crippen molar-refractivity contribution < 1.29 is 23.8 Å². The second-order valence-corrected chi connectivity index (χ2v) is 9.31. The van der Waals surface area contributed by atoms with Crippen molar-refractivity contribution in [2.24, 2.45) is 5.92 Å². The molecule has 5 rings (SSSR count). The molecular weight excluding hydrogens is 454 g/mol. The third-order valence-electron chi connectivity index (χ3n) is 6.25. The topological polar surface area (TPSA) is 80.0 Å². The van der Waals surface area contributed by atoms with Crippen LogP contribution in [0.1, 0.15) is 36.8 Å². The molecule has 1 aromatic heterocycles. The summed E-state index contributed by atoms with van der Waals surface area (Å²) in [5, 5.41) is 13.3. The van der Waals surface area contributed by atoms with Crippen LogP contribution in [0.2, 0.25) is 0 Å². The number of Topliss-reactive ketones (excluding diaryl/α,β-unsaturated/α-hetero) is 1. The summed E-state index contributed by atoms with van der Waals surface area (Å²) in [4.78, 5) is 28.2. The van der Waals surface area contributed by atoms with Crippen LogP contribution in [0.3, 0.4) is 0 Å². The van der Waals surface area contributed by atoms with Crippen molar-refractivity contribution in [1.29, 1.82) is 0 Å². The molecule has 1 aliphatic rings. The van der Waals surface area contributed by atoms with Gasteiger partial charge in [-0.1, -0.05) is 68.4 Å². The molecule has 1 saturated heterocycles. The Labute approximate surface area is 209 Å². The zero-order valence-corrected chi connectivity index (χ0v) is 20.2. The molecule has 2 heterocycles. The summed E-state index contributed by atoms with van der Waals surface area (Å²) < 4.78 is 11.3. The van der Waals surface area contributed by atoms with Gasteiger partial charge in [0.05, 0.1) is 31.0 Å². The number of hydrogen-bond acceptors (Lipinski definition) is 5. The van der Waals surface area contributed by atoms with Gasteiger partial charge < -0.3 is 19.2 Å². The summed E-state index contributed by atoms with van der Waals surface area (Å²) in [6.45, 7) is 4.72. The van der Waals surface area contributed by atoms with E-state index in [9.17, 15) is 14.7 Å². The van der Waals surface area contributed by atoms with E-state index in [0.717, 1.165) is 16.3 Å². The Balaban J connectivity index is 1.67. The van der Waals surface area contributed by atoms with Crippen LogP contribution in [0, 0.1) is 5.92 Å². The van der Waals surface area contributed by atoms with Crippen LogP contribution in [-0.2, 0) is 16.1 Å². The zero-order valence-electron chi connectivity index (χ0n) is 20.2. The minimum absolute atomic E-state index is 0.0453. The first kappa shape index (κ1) is 23.4. The monoisotopic (exact) mass is 481 g/mol. The van der Waals surface area contributed by atoms with Crippen LogP contribution in [0.4, 0.5) is 0 Å². The highest BCUT2D eigenvalue weighted by molar-refractivity contribution is 6.46. The molecule has 0 spiro atoms. The lowest BCUT2D eigenvalue weighted by atomic mass is 9.91. The first-order valence-electron chi connectivity index (χ1n) is 12.0. The molecule has 36 heavy (non-hydrogen) atoms. The Bertz CT molecular complexity index is 1450. The van der Waals surface area contributed by atoms with E-state index in [1.165, 1.54) is 11.2 Å². The normalized spacial score (nSPS) is 17.3. The fourth-order valence-corrected chi connectivity index (χ4v) is 4.58. The predicted octanol–water partition coefficient (Wildman–Crippen LogP) is 6.09. The number of ketones is 1. The van der Waals surface area contributed by atoms with Crippen molar-refractivity contribution in [3.8, 4) is 5.75 Å². The summed E-state index contributed by atoms with van der Waals surface area (Å²) in [6, 6.07) is 23.2. The second-order valence-electron chi connectivity index (χ2n) is 9.31. The minimum Gasteiger partial charge on any atom is -0.507 e. The quantitative estimate of drug-likeness (QED) is 0.196. The molecule has 182 valence electrons. The Kier molecular flexibility index (Phi) is 6.34. The number of furan rings is 1. The van der Waals surface area contributed by atoms with Gasteiger partial charge in [0.1, 0.15) is 17.3 Å². The fraction of sp³-hybridized carbons (Fsp3) is 0.200. The lowest BCUT2D eigenvalue weighted by molar-refractivity contribution is -0.140. The molecule has 4 aromatic rings. The first-order chi connectivity index (χ1) is 17.4. The van der Waals surface area contributed by atoms with Crippen LogP contribution < -0.4 is 4.74 Å². The molecule has 1 unspecified atom stereocenters. The zero-order chi connectivity index (χ0) is 25.2. The number of carbonyl (C=O) groups excluding carboxylic acids is 2. The summed E-state index contributed by atoms with van der Waals surface area (Å²) >= 11 is 0. The molecule has 0 radical (unpaired) electrons. The number of rotatable bonds is 7. The number of hydrogen-bond donors (Lipinski definition) is 1. The molecular formula is C30H27NO5. The average molecular weight is 482 g/mol. The van der Waals surface area contributed by atoms with E-state index in [1.807, 2.05) is 42.5 Å². The molecule has 3 aromatic carbocycles. The number of nitrogens with zero attached hydrogens (tertiary/aromatic N) is 1. The van der Waals surface area contributed by atoms with Gasteiger partial charge in [-0.2, -0.15) is 0 Å². The molecule has 1 aliphatic heterocycles. The Morgan fingerprint density at radius 2 is 1.78 bits per heavy atom. The van der Waals surface area contributed by atoms with Gasteiger partial charge in [0.2, 0.25) is 0 Å². The highest BCUT2D eigenvalue weighted by Gasteiger charge is 2.46. The van der Waals surface area contributed by atoms with Gasteiger partial charge in [0.15, 0.2) is 0 Å². The number of amides is 1. The molecule has 1 atom stereocenters. The summed E-state index contributed by atoms with van der Waals surface area (Å²) in [5.74, 6) is -0.183. The maximum Gasteiger partial charge on any atom is 0.296 e. The van der Waals surface area contributed by atoms with Crippen molar-refractivity contribution in [2.75, 3.05) is 6.61 Å². The third kappa shape index (κ3) is 4.38. The van der Waals surface area contributed by atoms with Gasteiger partial charge in [-0.05, 0) is 46.5 Å². The van der Waals surface area contributed by atoms with E-state index in [-0.39, 0.29) is 17.9 Å². The molecule has 0 bridgehead atoms. The molecule has 1 amide bonds. The van der Waals surface area contributed by atoms with Crippen molar-refractivity contribution in [1.82, 2.24) is 4.90 Å². The number of fused-ring (bicyclic) bond motifs is 1. The second kappa shape index (κ2) is 9.74. The van der Waals surface area contributed by atoms with Gasteiger partial charge >= 0.3 is 0 Å². The molecule has 0 saturated carbocycles. The maximum absolute atomic E-state index is 13.4. The van der Waals surface area contributed by atoms with Crippen LogP contribution >= 0.6 is 0 Å². The number of carbonyl (C=O) groups is 2. The predicted molar refractivity (Wildman–Crippen MR) is 137 cm³/mol. The van der Waals surface area contributed by atoms with Gasteiger partial charge in [-0.25, -0.2) is 0 Å². The van der Waals surface area contributed by atoms with Gasteiger partial charge in [-0.15, -0.1) is 0 Å². The SMILES string of the molecule is CC(C)COc1cccc(/C(O)=C2/C(=O)C(=O)N(Cc3ccco3)C2c2cccc3ccccc23)c1. The number of likely N-dealkylation sites (tertiary alicyclic amines) is 1. The van der Waals surface area contributed by atoms with Crippen molar-refractivity contribution in [3.63, 3.8) is 0 Å². The van der Waals surface area contributed by atoms with Crippen LogP contribution in [0.5, 0.6) is 5.75 Å². The van der Waals surface area contributed by atoms with Crippen LogP contribution in [0.25, 0.3) is 16.5 Å². The summed E-state index contributed by atoms with van der Waals surface area (Å²) in [7, 11) is 0. The Hall–Kier alpha value is -4.32. The summed E-state index contributed by atoms with van der Waals surface area (Å²) in [6.07, 6.45) is 1.53. The van der Waals surface area contributed by atoms with Crippen LogP contribution in [-0.4, -0.2) is 28.3 Å². The van der Waals surface area contributed by atoms with Gasteiger partial charge in [0.25, 0.3) is 11.7 Å². The van der Waals surface area contributed by atoms with Crippen molar-refractivity contribution in [2.45, 2.75) is 26.4 Å². The molecule has 0 aliphatic carbocycles. The van der Waals surface area contributed by atoms with Gasteiger partial charge in [0, 0.05) is 5.56 Å². The molecule has 1 fully saturated rings. The van der Waals surface area contributed by atoms with Gasteiger partial charge in [-0.3, -0.25) is 9.59 Å². The number of aliphatic hydroxyl groups is 1. The van der Waals surface area contributed by atoms with E-state index in [2.05, 4.69) is 13.8 Å². The van der Waals surface area contributed by atoms with E-state index < -0.39 is 17.7 Å². The third-order valence-corrected chi connectivity index (χ3v) is 6.25. The van der Waals surface area contributed by atoms with Crippen LogP contribution in [0.15, 0.2) is 95.1 Å². The minimum atomic E-state index is -0.790. The standard InChI is InChI=1S/C30H27NO5/c1-19(2)18-36-22-11-5-10-21(16-22)28(32)26-27(25-14-6-9-20-8-3-4-13-24(20)25)31(30(34)29(26)33)17-23-12-7-15-35-23/h3-16,19,27,32H,17-18H2,1-2H3/b28-26-. The highest BCUT2D eigenvalue weighted by atomic mass is 16.5. The number of aliphatic hydroxyl groups excluding tert-OH is 1. The molecule has 1 N–H and O–H groups in total. The number of benzene rings is 3. The lowest BCUT2D eigenvalue weighted by Gasteiger charge is -2.25. The lowest BCUT2D eigenvalue weighted by Crippen LogP contribution is -2.29. The average Bonchev–Trinajstić information content (AvgIpc) is 3.49. The van der Waals surface area contributed by atoms with E-state index >= 15 is 0 Å². The van der Waals surface area contributed by atoms with E-state index in [1.54, 1.807) is 36.4 Å². The van der Waals surface area contributed by atoms with Crippen molar-refractivity contribution in [3.05, 3.63) is 108 Å². The smallest absolute Gasteiger partial charge is 0.296 e. The van der Waals surface area contributed by atoms with Crippen molar-refractivity contribution >= 4 is 28.2 Å². The first-order valence-corrected chi connectivity index (χ1v) is 12.0. The number of ether oxygens (including phenoxy) is 1. The molecule has 6 heteroatoms. The summed E-state index contributed by atoms with van der Waals surface area (Å²) in [5.41, 5.74) is 1.22.